The van der Waals surface area contributed by atoms with Crippen LogP contribution in [-0.2, 0) is 9.47 Å². The molecule has 0 aromatic rings. The second kappa shape index (κ2) is 8.08. The van der Waals surface area contributed by atoms with Crippen LogP contribution in [0.4, 0.5) is 0 Å². The van der Waals surface area contributed by atoms with Gasteiger partial charge in [0.25, 0.3) is 0 Å². The van der Waals surface area contributed by atoms with Crippen molar-refractivity contribution >= 4 is 0 Å². The molecule has 0 heterocycles. The van der Waals surface area contributed by atoms with Gasteiger partial charge in [-0.15, -0.1) is 0 Å². The van der Waals surface area contributed by atoms with Gasteiger partial charge < -0.3 is 9.47 Å². The summed E-state index contributed by atoms with van der Waals surface area (Å²) in [4.78, 5) is 0. The van der Waals surface area contributed by atoms with E-state index in [9.17, 15) is 0 Å². The van der Waals surface area contributed by atoms with Crippen LogP contribution in [0.25, 0.3) is 0 Å². The van der Waals surface area contributed by atoms with Crippen molar-refractivity contribution in [3.63, 3.8) is 0 Å². The van der Waals surface area contributed by atoms with E-state index in [0.717, 1.165) is 30.3 Å². The van der Waals surface area contributed by atoms with Gasteiger partial charge >= 0.3 is 0 Å². The molecule has 5 fully saturated rings. The fourth-order valence-corrected chi connectivity index (χ4v) is 12.1. The first-order valence-electron chi connectivity index (χ1n) is 14.6. The van der Waals surface area contributed by atoms with Gasteiger partial charge in [-0.25, -0.2) is 0 Å². The molecule has 0 aromatic heterocycles. The lowest BCUT2D eigenvalue weighted by molar-refractivity contribution is -0.248. The Kier molecular flexibility index (Phi) is 6.01. The van der Waals surface area contributed by atoms with E-state index >= 15 is 0 Å². The number of fused-ring (bicyclic) bond motifs is 7. The molecule has 5 saturated carbocycles. The summed E-state index contributed by atoms with van der Waals surface area (Å²) in [7, 11) is 3.79. The second-order valence-corrected chi connectivity index (χ2v) is 15.2. The first-order chi connectivity index (χ1) is 15.9. The van der Waals surface area contributed by atoms with Crippen molar-refractivity contribution in [2.45, 2.75) is 112 Å². The standard InChI is InChI=1S/C32H54O2/c1-21(20-33-8)22-12-15-29(4)18-19-31(6)23(27(22)29)10-11-25-30(5)16-14-26(34-9)28(2,3)24(30)13-17-32(25,31)7/h22-27H,1,10-20H2,2-9H3/t22?,23?,24?,25?,26?,27?,29-,30+,31-,32-/m1/s1. The summed E-state index contributed by atoms with van der Waals surface area (Å²) in [5.74, 6) is 3.95. The van der Waals surface area contributed by atoms with E-state index in [1.807, 2.05) is 14.2 Å². The zero-order valence-electron chi connectivity index (χ0n) is 23.8. The van der Waals surface area contributed by atoms with E-state index in [-0.39, 0.29) is 5.41 Å². The maximum Gasteiger partial charge on any atom is 0.0673 e. The van der Waals surface area contributed by atoms with Crippen LogP contribution in [-0.4, -0.2) is 26.9 Å². The fourth-order valence-electron chi connectivity index (χ4n) is 12.1. The van der Waals surface area contributed by atoms with Crippen molar-refractivity contribution < 1.29 is 9.47 Å². The highest BCUT2D eigenvalue weighted by atomic mass is 16.5. The summed E-state index contributed by atoms with van der Waals surface area (Å²) >= 11 is 0. The first kappa shape index (κ1) is 25.3. The zero-order chi connectivity index (χ0) is 24.7. The molecule has 5 aliphatic rings. The third-order valence-electron chi connectivity index (χ3n) is 13.9. The Balaban J connectivity index is 1.51. The highest BCUT2D eigenvalue weighted by Gasteiger charge is 2.70. The third kappa shape index (κ3) is 3.12. The number of ether oxygens (including phenoxy) is 2. The third-order valence-corrected chi connectivity index (χ3v) is 13.9. The van der Waals surface area contributed by atoms with E-state index in [1.165, 1.54) is 69.8 Å². The molecule has 2 heteroatoms. The average molecular weight is 471 g/mol. The number of hydrogen-bond donors (Lipinski definition) is 0. The molecule has 194 valence electrons. The summed E-state index contributed by atoms with van der Waals surface area (Å²) in [6.07, 6.45) is 14.3. The molecule has 2 nitrogen and oxygen atoms in total. The monoisotopic (exact) mass is 470 g/mol. The largest absolute Gasteiger partial charge is 0.381 e. The quantitative estimate of drug-likeness (QED) is 0.385. The van der Waals surface area contributed by atoms with Crippen LogP contribution in [0.2, 0.25) is 0 Å². The van der Waals surface area contributed by atoms with Gasteiger partial charge in [0, 0.05) is 14.2 Å². The van der Waals surface area contributed by atoms with Gasteiger partial charge in [-0.3, -0.25) is 0 Å². The van der Waals surface area contributed by atoms with E-state index in [0.29, 0.717) is 33.7 Å². The molecule has 0 aromatic carbocycles. The molecule has 0 aliphatic heterocycles. The number of hydrogen-bond acceptors (Lipinski definition) is 2. The van der Waals surface area contributed by atoms with Crippen molar-refractivity contribution in [1.29, 1.82) is 0 Å². The van der Waals surface area contributed by atoms with Crippen LogP contribution in [0.1, 0.15) is 106 Å². The number of rotatable bonds is 4. The zero-order valence-corrected chi connectivity index (χ0v) is 23.8. The van der Waals surface area contributed by atoms with E-state index in [2.05, 4.69) is 48.1 Å². The normalized spacial score (nSPS) is 53.9. The topological polar surface area (TPSA) is 18.5 Å². The fraction of sp³-hybridized carbons (Fsp3) is 0.938. The molecule has 6 unspecified atom stereocenters. The van der Waals surface area contributed by atoms with Crippen LogP contribution in [0, 0.1) is 56.7 Å². The predicted octanol–water partition coefficient (Wildman–Crippen LogP) is 8.31. The summed E-state index contributed by atoms with van der Waals surface area (Å²) in [6, 6.07) is 0. The lowest BCUT2D eigenvalue weighted by Gasteiger charge is -2.73. The number of methoxy groups -OCH3 is 2. The van der Waals surface area contributed by atoms with Gasteiger partial charge in [-0.05, 0) is 126 Å². The Morgan fingerprint density at radius 2 is 1.50 bits per heavy atom. The van der Waals surface area contributed by atoms with Crippen LogP contribution in [0.5, 0.6) is 0 Å². The molecule has 34 heavy (non-hydrogen) atoms. The maximum absolute atomic E-state index is 6.06. The van der Waals surface area contributed by atoms with Gasteiger partial charge in [0.15, 0.2) is 0 Å². The van der Waals surface area contributed by atoms with Crippen LogP contribution < -0.4 is 0 Å². The van der Waals surface area contributed by atoms with Crippen molar-refractivity contribution in [3.05, 3.63) is 12.2 Å². The van der Waals surface area contributed by atoms with E-state index in [1.54, 1.807) is 0 Å². The molecular formula is C32H54O2. The summed E-state index contributed by atoms with van der Waals surface area (Å²) in [5.41, 5.74) is 3.52. The molecule has 0 saturated heterocycles. The van der Waals surface area contributed by atoms with Crippen LogP contribution >= 0.6 is 0 Å². The SMILES string of the molecule is C=C(COC)C1CC[C@]2(C)CC[C@]3(C)C(CCC4[C@@]5(C)CCC(OC)C(C)(C)C5CC[C@]43C)C12. The van der Waals surface area contributed by atoms with Crippen molar-refractivity contribution in [2.24, 2.45) is 56.7 Å². The first-order valence-corrected chi connectivity index (χ1v) is 14.6. The molecule has 0 N–H and O–H groups in total. The molecular weight excluding hydrogens is 416 g/mol. The Morgan fingerprint density at radius 1 is 0.765 bits per heavy atom. The lowest BCUT2D eigenvalue weighted by Crippen LogP contribution is -2.66. The second-order valence-electron chi connectivity index (χ2n) is 15.2. The van der Waals surface area contributed by atoms with Gasteiger partial charge in [-0.2, -0.15) is 0 Å². The van der Waals surface area contributed by atoms with Gasteiger partial charge in [0.1, 0.15) is 0 Å². The van der Waals surface area contributed by atoms with Gasteiger partial charge in [-0.1, -0.05) is 48.1 Å². The van der Waals surface area contributed by atoms with Gasteiger partial charge in [0.2, 0.25) is 0 Å². The van der Waals surface area contributed by atoms with E-state index < -0.39 is 0 Å². The Labute approximate surface area is 211 Å². The Morgan fingerprint density at radius 3 is 2.18 bits per heavy atom. The minimum atomic E-state index is 0.278. The molecule has 5 aliphatic carbocycles. The molecule has 0 radical (unpaired) electrons. The lowest BCUT2D eigenvalue weighted by atomic mass is 9.32. The summed E-state index contributed by atoms with van der Waals surface area (Å²) < 4.78 is 11.7. The molecule has 10 atom stereocenters. The summed E-state index contributed by atoms with van der Waals surface area (Å²) in [5, 5.41) is 0. The van der Waals surface area contributed by atoms with E-state index in [4.69, 9.17) is 9.47 Å². The summed E-state index contributed by atoms with van der Waals surface area (Å²) in [6.45, 7) is 21.2. The maximum atomic E-state index is 6.06. The molecule has 0 bridgehead atoms. The minimum absolute atomic E-state index is 0.278. The molecule has 0 spiro atoms. The molecule has 0 amide bonds. The van der Waals surface area contributed by atoms with Crippen molar-refractivity contribution in [1.82, 2.24) is 0 Å². The van der Waals surface area contributed by atoms with Crippen molar-refractivity contribution in [3.8, 4) is 0 Å². The predicted molar refractivity (Wildman–Crippen MR) is 142 cm³/mol. The van der Waals surface area contributed by atoms with Crippen molar-refractivity contribution in [2.75, 3.05) is 20.8 Å². The smallest absolute Gasteiger partial charge is 0.0673 e. The highest BCUT2D eigenvalue weighted by Crippen LogP contribution is 2.77. The average Bonchev–Trinajstić information content (AvgIpc) is 3.12. The molecule has 5 rings (SSSR count). The minimum Gasteiger partial charge on any atom is -0.381 e. The Bertz CT molecular complexity index is 816. The van der Waals surface area contributed by atoms with Gasteiger partial charge in [0.05, 0.1) is 12.7 Å². The Hall–Kier alpha value is -0.340. The highest BCUT2D eigenvalue weighted by molar-refractivity contribution is 5.21. The van der Waals surface area contributed by atoms with Crippen LogP contribution in [0.15, 0.2) is 12.2 Å². The van der Waals surface area contributed by atoms with Crippen LogP contribution in [0.3, 0.4) is 0 Å².